The molecule has 1 aromatic heterocycles. The molecule has 1 aliphatic rings. The van der Waals surface area contributed by atoms with Gasteiger partial charge in [-0.2, -0.15) is 0 Å². The molecule has 1 amide bonds. The van der Waals surface area contributed by atoms with Crippen LogP contribution in [0, 0.1) is 10.1 Å². The normalized spacial score (nSPS) is 15.3. The van der Waals surface area contributed by atoms with Crippen LogP contribution < -0.4 is 0 Å². The number of aromatic nitrogens is 2. The summed E-state index contributed by atoms with van der Waals surface area (Å²) < 4.78 is 5.53. The number of rotatable bonds is 5. The molecule has 0 aliphatic carbocycles. The van der Waals surface area contributed by atoms with Crippen LogP contribution in [-0.2, 0) is 4.79 Å². The van der Waals surface area contributed by atoms with E-state index in [-0.39, 0.29) is 28.5 Å². The van der Waals surface area contributed by atoms with Crippen LogP contribution in [0.4, 0.5) is 5.69 Å². The van der Waals surface area contributed by atoms with Gasteiger partial charge in [0.05, 0.1) is 10.7 Å². The van der Waals surface area contributed by atoms with Crippen LogP contribution in [-0.4, -0.2) is 44.8 Å². The van der Waals surface area contributed by atoms with E-state index in [1.807, 2.05) is 4.90 Å². The Balaban J connectivity index is 1.59. The molecule has 0 spiro atoms. The molecular formula is C17H20N4O4S. The fourth-order valence-corrected chi connectivity index (χ4v) is 3.51. The average molecular weight is 376 g/mol. The van der Waals surface area contributed by atoms with Crippen LogP contribution in [0.5, 0.6) is 0 Å². The van der Waals surface area contributed by atoms with Gasteiger partial charge in [0.2, 0.25) is 11.8 Å². The van der Waals surface area contributed by atoms with Crippen molar-refractivity contribution in [1.82, 2.24) is 15.1 Å². The third kappa shape index (κ3) is 4.81. The van der Waals surface area contributed by atoms with Gasteiger partial charge in [-0.3, -0.25) is 14.9 Å². The van der Waals surface area contributed by atoms with Gasteiger partial charge >= 0.3 is 0 Å². The van der Waals surface area contributed by atoms with Crippen molar-refractivity contribution in [3.05, 3.63) is 34.4 Å². The molecule has 1 saturated heterocycles. The monoisotopic (exact) mass is 376 g/mol. The lowest BCUT2D eigenvalue weighted by atomic mass is 10.1. The molecule has 0 bridgehead atoms. The van der Waals surface area contributed by atoms with Gasteiger partial charge in [-0.05, 0) is 18.9 Å². The highest BCUT2D eigenvalue weighted by Gasteiger charge is 2.17. The van der Waals surface area contributed by atoms with Gasteiger partial charge in [0.15, 0.2) is 0 Å². The summed E-state index contributed by atoms with van der Waals surface area (Å²) in [7, 11) is 0. The zero-order valence-electron chi connectivity index (χ0n) is 14.3. The second kappa shape index (κ2) is 8.79. The number of amides is 1. The molecule has 0 N–H and O–H groups in total. The largest absolute Gasteiger partial charge is 0.411 e. The summed E-state index contributed by atoms with van der Waals surface area (Å²) >= 11 is 1.19. The first kappa shape index (κ1) is 18.4. The molecule has 0 atom stereocenters. The van der Waals surface area contributed by atoms with Crippen molar-refractivity contribution in [1.29, 1.82) is 0 Å². The minimum atomic E-state index is -0.475. The third-order valence-electron chi connectivity index (χ3n) is 4.24. The maximum atomic E-state index is 12.4. The first-order valence-electron chi connectivity index (χ1n) is 8.62. The number of nitro groups is 1. The van der Waals surface area contributed by atoms with E-state index in [2.05, 4.69) is 10.2 Å². The molecule has 1 aliphatic heterocycles. The van der Waals surface area contributed by atoms with Crippen LogP contribution in [0.15, 0.2) is 33.9 Å². The smallest absolute Gasteiger partial charge is 0.277 e. The fourth-order valence-electron chi connectivity index (χ4n) is 2.85. The molecule has 3 rings (SSSR count). The van der Waals surface area contributed by atoms with Gasteiger partial charge < -0.3 is 9.32 Å². The average Bonchev–Trinajstić information content (AvgIpc) is 3.08. The second-order valence-electron chi connectivity index (χ2n) is 6.12. The van der Waals surface area contributed by atoms with E-state index in [1.54, 1.807) is 12.1 Å². The van der Waals surface area contributed by atoms with E-state index in [0.29, 0.717) is 5.56 Å². The van der Waals surface area contributed by atoms with Gasteiger partial charge in [0, 0.05) is 30.8 Å². The van der Waals surface area contributed by atoms with Gasteiger partial charge in [-0.1, -0.05) is 37.1 Å². The van der Waals surface area contributed by atoms with Gasteiger partial charge in [-0.25, -0.2) is 0 Å². The zero-order valence-corrected chi connectivity index (χ0v) is 15.1. The Labute approximate surface area is 155 Å². The number of carbonyl (C=O) groups excluding carboxylic acids is 1. The fraction of sp³-hybridized carbons (Fsp3) is 0.471. The molecule has 1 fully saturated rings. The number of thioether (sulfide) groups is 1. The number of likely N-dealkylation sites (tertiary alicyclic amines) is 1. The first-order valence-corrected chi connectivity index (χ1v) is 9.61. The number of benzene rings is 1. The molecular weight excluding hydrogens is 356 g/mol. The summed E-state index contributed by atoms with van der Waals surface area (Å²) in [5.74, 6) is 0.526. The summed E-state index contributed by atoms with van der Waals surface area (Å²) in [5, 5.41) is 19.0. The summed E-state index contributed by atoms with van der Waals surface area (Å²) in [5.41, 5.74) is 0.441. The number of carbonyl (C=O) groups is 1. The number of nitro benzene ring substituents is 1. The Hall–Kier alpha value is -2.42. The van der Waals surface area contributed by atoms with Crippen LogP contribution in [0.3, 0.4) is 0 Å². The molecule has 0 radical (unpaired) electrons. The Kier molecular flexibility index (Phi) is 6.21. The standard InChI is InChI=1S/C17H20N4O4S/c22-15(20-9-4-2-1-3-5-10-20)12-26-17-19-18-16(25-17)13-7-6-8-14(11-13)21(23)24/h6-8,11H,1-5,9-10,12H2. The predicted octanol–water partition coefficient (Wildman–Crippen LogP) is 3.53. The van der Waals surface area contributed by atoms with E-state index in [4.69, 9.17) is 4.42 Å². The quantitative estimate of drug-likeness (QED) is 0.447. The van der Waals surface area contributed by atoms with Crippen molar-refractivity contribution >= 4 is 23.4 Å². The molecule has 8 nitrogen and oxygen atoms in total. The lowest BCUT2D eigenvalue weighted by Crippen LogP contribution is -2.35. The molecule has 138 valence electrons. The topological polar surface area (TPSA) is 102 Å². The Morgan fingerprint density at radius 2 is 1.92 bits per heavy atom. The van der Waals surface area contributed by atoms with Gasteiger partial charge in [0.1, 0.15) is 0 Å². The lowest BCUT2D eigenvalue weighted by molar-refractivity contribution is -0.384. The van der Waals surface area contributed by atoms with E-state index < -0.39 is 4.92 Å². The van der Waals surface area contributed by atoms with E-state index in [0.717, 1.165) is 25.9 Å². The van der Waals surface area contributed by atoms with Crippen molar-refractivity contribution < 1.29 is 14.1 Å². The SMILES string of the molecule is O=C(CSc1nnc(-c2cccc([N+](=O)[O-])c2)o1)N1CCCCCCC1. The predicted molar refractivity (Wildman–Crippen MR) is 96.8 cm³/mol. The molecule has 1 aromatic carbocycles. The molecule has 26 heavy (non-hydrogen) atoms. The Bertz CT molecular complexity index is 772. The second-order valence-corrected chi connectivity index (χ2v) is 7.04. The van der Waals surface area contributed by atoms with E-state index in [1.165, 1.54) is 43.2 Å². The maximum absolute atomic E-state index is 12.4. The molecule has 2 heterocycles. The van der Waals surface area contributed by atoms with Crippen LogP contribution in [0.1, 0.15) is 32.1 Å². The summed E-state index contributed by atoms with van der Waals surface area (Å²) in [6.07, 6.45) is 5.70. The van der Waals surface area contributed by atoms with Crippen molar-refractivity contribution in [3.8, 4) is 11.5 Å². The summed E-state index contributed by atoms with van der Waals surface area (Å²) in [4.78, 5) is 24.7. The molecule has 0 saturated carbocycles. The van der Waals surface area contributed by atoms with Crippen LogP contribution in [0.2, 0.25) is 0 Å². The van der Waals surface area contributed by atoms with Crippen molar-refractivity contribution in [3.63, 3.8) is 0 Å². The number of non-ortho nitro benzene ring substituents is 1. The maximum Gasteiger partial charge on any atom is 0.277 e. The number of hydrogen-bond donors (Lipinski definition) is 0. The molecule has 0 unspecified atom stereocenters. The minimum Gasteiger partial charge on any atom is -0.411 e. The van der Waals surface area contributed by atoms with Gasteiger partial charge in [-0.15, -0.1) is 10.2 Å². The first-order chi connectivity index (χ1) is 12.6. The van der Waals surface area contributed by atoms with E-state index >= 15 is 0 Å². The third-order valence-corrected chi connectivity index (χ3v) is 5.04. The van der Waals surface area contributed by atoms with Crippen molar-refractivity contribution in [2.24, 2.45) is 0 Å². The van der Waals surface area contributed by atoms with Gasteiger partial charge in [0.25, 0.3) is 10.9 Å². The van der Waals surface area contributed by atoms with Crippen molar-refractivity contribution in [2.45, 2.75) is 37.3 Å². The lowest BCUT2D eigenvalue weighted by Gasteiger charge is -2.24. The Morgan fingerprint density at radius 1 is 1.19 bits per heavy atom. The highest BCUT2D eigenvalue weighted by Crippen LogP contribution is 2.26. The highest BCUT2D eigenvalue weighted by molar-refractivity contribution is 7.99. The Morgan fingerprint density at radius 3 is 2.65 bits per heavy atom. The van der Waals surface area contributed by atoms with E-state index in [9.17, 15) is 14.9 Å². The number of nitrogens with zero attached hydrogens (tertiary/aromatic N) is 4. The van der Waals surface area contributed by atoms with Crippen LogP contribution >= 0.6 is 11.8 Å². The number of hydrogen-bond acceptors (Lipinski definition) is 7. The summed E-state index contributed by atoms with van der Waals surface area (Å²) in [6, 6.07) is 6.02. The minimum absolute atomic E-state index is 0.0397. The van der Waals surface area contributed by atoms with Crippen molar-refractivity contribution in [2.75, 3.05) is 18.8 Å². The summed E-state index contributed by atoms with van der Waals surface area (Å²) in [6.45, 7) is 1.62. The highest BCUT2D eigenvalue weighted by atomic mass is 32.2. The zero-order chi connectivity index (χ0) is 18.4. The molecule has 9 heteroatoms. The molecule has 2 aromatic rings. The van der Waals surface area contributed by atoms with Crippen LogP contribution in [0.25, 0.3) is 11.5 Å².